The maximum atomic E-state index is 13.1. The number of aryl methyl sites for hydroxylation is 1. The van der Waals surface area contributed by atoms with Gasteiger partial charge in [-0.05, 0) is 50.7 Å². The number of benzene rings is 1. The molecule has 2 aliphatic heterocycles. The second-order valence-electron chi connectivity index (χ2n) is 7.97. The molecule has 1 saturated carbocycles. The first-order valence-corrected chi connectivity index (χ1v) is 10.2. The molecular weight excluding hydrogens is 354 g/mol. The average Bonchev–Trinajstić information content (AvgIpc) is 3.19. The van der Waals surface area contributed by atoms with Crippen molar-refractivity contribution in [3.63, 3.8) is 0 Å². The van der Waals surface area contributed by atoms with Gasteiger partial charge in [-0.2, -0.15) is 0 Å². The van der Waals surface area contributed by atoms with E-state index in [9.17, 15) is 9.59 Å². The number of ether oxygens (including phenoxy) is 2. The fourth-order valence-corrected chi connectivity index (χ4v) is 4.68. The lowest BCUT2D eigenvalue weighted by atomic mass is 9.69. The second kappa shape index (κ2) is 8.00. The summed E-state index contributed by atoms with van der Waals surface area (Å²) in [6.07, 6.45) is 4.08. The SMILES string of the molecule is CC1=C(C(=O)OC[C@H]2CCCO2)[C@@H](c2ccccc2C)C2C(=O)CCCC2=N1. The van der Waals surface area contributed by atoms with Crippen LogP contribution in [0.25, 0.3) is 0 Å². The van der Waals surface area contributed by atoms with Crippen LogP contribution in [0.2, 0.25) is 0 Å². The highest BCUT2D eigenvalue weighted by molar-refractivity contribution is 6.11. The predicted molar refractivity (Wildman–Crippen MR) is 106 cm³/mol. The largest absolute Gasteiger partial charge is 0.460 e. The molecule has 5 heteroatoms. The number of hydrogen-bond donors (Lipinski definition) is 0. The zero-order chi connectivity index (χ0) is 19.7. The first-order valence-electron chi connectivity index (χ1n) is 10.2. The minimum absolute atomic E-state index is 0.0271. The molecule has 1 unspecified atom stereocenters. The molecule has 3 aliphatic rings. The Morgan fingerprint density at radius 3 is 2.75 bits per heavy atom. The van der Waals surface area contributed by atoms with Crippen molar-refractivity contribution in [1.29, 1.82) is 0 Å². The van der Waals surface area contributed by atoms with Crippen LogP contribution >= 0.6 is 0 Å². The summed E-state index contributed by atoms with van der Waals surface area (Å²) in [7, 11) is 0. The van der Waals surface area contributed by atoms with Crippen molar-refractivity contribution < 1.29 is 19.1 Å². The van der Waals surface area contributed by atoms with Gasteiger partial charge in [0.05, 0.1) is 17.6 Å². The Balaban J connectivity index is 1.71. The van der Waals surface area contributed by atoms with Crippen molar-refractivity contribution in [3.8, 4) is 0 Å². The maximum absolute atomic E-state index is 13.1. The summed E-state index contributed by atoms with van der Waals surface area (Å²) in [6, 6.07) is 7.99. The normalized spacial score (nSPS) is 27.4. The maximum Gasteiger partial charge on any atom is 0.336 e. The Morgan fingerprint density at radius 2 is 2.00 bits per heavy atom. The van der Waals surface area contributed by atoms with Crippen LogP contribution < -0.4 is 0 Å². The summed E-state index contributed by atoms with van der Waals surface area (Å²) in [5, 5.41) is 0. The molecule has 5 nitrogen and oxygen atoms in total. The lowest BCUT2D eigenvalue weighted by Crippen LogP contribution is -2.39. The van der Waals surface area contributed by atoms with Gasteiger partial charge in [0.25, 0.3) is 0 Å². The molecule has 1 aromatic carbocycles. The Labute approximate surface area is 165 Å². The number of fused-ring (bicyclic) bond motifs is 1. The quantitative estimate of drug-likeness (QED) is 0.742. The van der Waals surface area contributed by atoms with Gasteiger partial charge in [-0.3, -0.25) is 9.79 Å². The molecule has 4 rings (SSSR count). The van der Waals surface area contributed by atoms with Crippen LogP contribution in [0.4, 0.5) is 0 Å². The van der Waals surface area contributed by atoms with Crippen molar-refractivity contribution in [2.24, 2.45) is 10.9 Å². The molecular formula is C23H27NO4. The molecule has 1 saturated heterocycles. The average molecular weight is 381 g/mol. The summed E-state index contributed by atoms with van der Waals surface area (Å²) in [4.78, 5) is 30.7. The minimum Gasteiger partial charge on any atom is -0.460 e. The third-order valence-electron chi connectivity index (χ3n) is 6.08. The van der Waals surface area contributed by atoms with Crippen LogP contribution in [0.15, 0.2) is 40.5 Å². The number of Topliss-reactive ketones (excluding diaryl/α,β-unsaturated/α-hetero) is 1. The molecule has 0 radical (unpaired) electrons. The zero-order valence-corrected chi connectivity index (χ0v) is 16.6. The number of carbonyl (C=O) groups is 2. The number of aliphatic imine (C=N–C) groups is 1. The molecule has 0 amide bonds. The summed E-state index contributed by atoms with van der Waals surface area (Å²) in [6.45, 7) is 4.86. The molecule has 3 atom stereocenters. The van der Waals surface area contributed by atoms with Crippen LogP contribution in [-0.2, 0) is 19.1 Å². The van der Waals surface area contributed by atoms with E-state index in [2.05, 4.69) is 4.99 Å². The summed E-state index contributed by atoms with van der Waals surface area (Å²) < 4.78 is 11.2. The topological polar surface area (TPSA) is 65.0 Å². The Bertz CT molecular complexity index is 848. The Morgan fingerprint density at radius 1 is 1.18 bits per heavy atom. The van der Waals surface area contributed by atoms with E-state index in [0.29, 0.717) is 17.7 Å². The number of ketones is 1. The Hall–Kier alpha value is -2.27. The van der Waals surface area contributed by atoms with Gasteiger partial charge >= 0.3 is 5.97 Å². The van der Waals surface area contributed by atoms with E-state index in [1.54, 1.807) is 0 Å². The molecule has 2 fully saturated rings. The van der Waals surface area contributed by atoms with Crippen LogP contribution in [0.1, 0.15) is 56.1 Å². The molecule has 0 bridgehead atoms. The molecule has 1 aromatic rings. The number of rotatable bonds is 4. The first-order chi connectivity index (χ1) is 13.6. The lowest BCUT2D eigenvalue weighted by Gasteiger charge is -2.36. The second-order valence-corrected chi connectivity index (χ2v) is 7.97. The van der Waals surface area contributed by atoms with Crippen molar-refractivity contribution in [1.82, 2.24) is 0 Å². The molecule has 28 heavy (non-hydrogen) atoms. The Kier molecular flexibility index (Phi) is 5.44. The smallest absolute Gasteiger partial charge is 0.336 e. The third-order valence-corrected chi connectivity index (χ3v) is 6.08. The number of hydrogen-bond acceptors (Lipinski definition) is 5. The molecule has 2 heterocycles. The summed E-state index contributed by atoms with van der Waals surface area (Å²) >= 11 is 0. The molecule has 148 valence electrons. The molecule has 0 spiro atoms. The van der Waals surface area contributed by atoms with Gasteiger partial charge in [-0.15, -0.1) is 0 Å². The van der Waals surface area contributed by atoms with Crippen molar-refractivity contribution in [2.45, 2.75) is 58.0 Å². The van der Waals surface area contributed by atoms with Gasteiger partial charge in [0.1, 0.15) is 12.4 Å². The van der Waals surface area contributed by atoms with E-state index in [4.69, 9.17) is 9.47 Å². The highest BCUT2D eigenvalue weighted by atomic mass is 16.6. The highest BCUT2D eigenvalue weighted by Gasteiger charge is 2.44. The van der Waals surface area contributed by atoms with Crippen LogP contribution in [0.3, 0.4) is 0 Å². The van der Waals surface area contributed by atoms with E-state index in [1.807, 2.05) is 38.1 Å². The minimum atomic E-state index is -0.373. The van der Waals surface area contributed by atoms with Gasteiger partial charge in [0, 0.05) is 30.4 Å². The van der Waals surface area contributed by atoms with E-state index in [0.717, 1.165) is 49.1 Å². The number of allylic oxidation sites excluding steroid dienone is 1. The highest BCUT2D eigenvalue weighted by Crippen LogP contribution is 2.44. The standard InChI is InChI=1S/C23H27NO4/c1-14-7-3-4-9-17(14)21-20(23(26)28-13-16-8-6-12-27-16)15(2)24-18-10-5-11-19(25)22(18)21/h3-4,7,9,16,21-22H,5-6,8,10-13H2,1-2H3/t16-,21-,22?/m1/s1. The van der Waals surface area contributed by atoms with Gasteiger partial charge in [0.15, 0.2) is 0 Å². The number of carbonyl (C=O) groups excluding carboxylic acids is 2. The summed E-state index contributed by atoms with van der Waals surface area (Å²) in [5.74, 6) is -0.875. The lowest BCUT2D eigenvalue weighted by molar-refractivity contribution is -0.142. The first kappa shape index (κ1) is 19.1. The third kappa shape index (κ3) is 3.55. The number of esters is 1. The number of nitrogens with zero attached hydrogens (tertiary/aromatic N) is 1. The van der Waals surface area contributed by atoms with Crippen LogP contribution in [-0.4, -0.2) is 36.8 Å². The van der Waals surface area contributed by atoms with Crippen LogP contribution in [0, 0.1) is 12.8 Å². The van der Waals surface area contributed by atoms with Gasteiger partial charge < -0.3 is 9.47 Å². The fourth-order valence-electron chi connectivity index (χ4n) is 4.68. The fraction of sp³-hybridized carbons (Fsp3) is 0.522. The van der Waals surface area contributed by atoms with Crippen LogP contribution in [0.5, 0.6) is 0 Å². The molecule has 0 aromatic heterocycles. The predicted octanol–water partition coefficient (Wildman–Crippen LogP) is 3.90. The van der Waals surface area contributed by atoms with E-state index in [-0.39, 0.29) is 36.3 Å². The van der Waals surface area contributed by atoms with E-state index in [1.165, 1.54) is 0 Å². The summed E-state index contributed by atoms with van der Waals surface area (Å²) in [5.41, 5.74) is 4.20. The van der Waals surface area contributed by atoms with Gasteiger partial charge in [0.2, 0.25) is 0 Å². The van der Waals surface area contributed by atoms with E-state index >= 15 is 0 Å². The molecule has 1 aliphatic carbocycles. The molecule has 0 N–H and O–H groups in total. The monoisotopic (exact) mass is 381 g/mol. The van der Waals surface area contributed by atoms with Crippen molar-refractivity contribution >= 4 is 17.5 Å². The van der Waals surface area contributed by atoms with Crippen molar-refractivity contribution in [3.05, 3.63) is 46.7 Å². The van der Waals surface area contributed by atoms with Gasteiger partial charge in [-0.25, -0.2) is 4.79 Å². The van der Waals surface area contributed by atoms with E-state index < -0.39 is 0 Å². The van der Waals surface area contributed by atoms with Gasteiger partial charge in [-0.1, -0.05) is 24.3 Å². The zero-order valence-electron chi connectivity index (χ0n) is 16.6. The van der Waals surface area contributed by atoms with Crippen molar-refractivity contribution in [2.75, 3.05) is 13.2 Å².